The van der Waals surface area contributed by atoms with Crippen molar-refractivity contribution in [3.8, 4) is 17.5 Å². The second-order valence-electron chi connectivity index (χ2n) is 3.19. The van der Waals surface area contributed by atoms with Gasteiger partial charge in [-0.05, 0) is 36.5 Å². The number of hydrogen-bond acceptors (Lipinski definition) is 2. The van der Waals surface area contributed by atoms with E-state index in [9.17, 15) is 0 Å². The molecule has 0 spiro atoms. The van der Waals surface area contributed by atoms with E-state index in [1.807, 2.05) is 41.2 Å². The van der Waals surface area contributed by atoms with Crippen LogP contribution in [0.2, 0.25) is 0 Å². The molecular formula is C12H11N3S. The Hall–Kier alpha value is -1.83. The summed E-state index contributed by atoms with van der Waals surface area (Å²) in [5, 5.41) is 0. The summed E-state index contributed by atoms with van der Waals surface area (Å²) in [6.45, 7) is 0.380. The Bertz CT molecular complexity index is 581. The maximum absolute atomic E-state index is 5.31. The first-order valence-electron chi connectivity index (χ1n) is 4.86. The molecule has 80 valence electrons. The normalized spacial score (nSPS) is 9.56. The van der Waals surface area contributed by atoms with Crippen molar-refractivity contribution in [3.63, 3.8) is 0 Å². The molecule has 0 amide bonds. The van der Waals surface area contributed by atoms with E-state index >= 15 is 0 Å². The lowest BCUT2D eigenvalue weighted by Gasteiger charge is -2.01. The van der Waals surface area contributed by atoms with E-state index < -0.39 is 0 Å². The van der Waals surface area contributed by atoms with E-state index in [1.54, 1.807) is 0 Å². The number of aromatic amines is 1. The molecule has 2 rings (SSSR count). The van der Waals surface area contributed by atoms with Crippen molar-refractivity contribution in [2.75, 3.05) is 6.54 Å². The Morgan fingerprint density at radius 3 is 2.62 bits per heavy atom. The molecule has 1 aromatic carbocycles. The Kier molecular flexibility index (Phi) is 3.20. The molecule has 2 aromatic rings. The monoisotopic (exact) mass is 229 g/mol. The van der Waals surface area contributed by atoms with Gasteiger partial charge in [-0.2, -0.15) is 0 Å². The van der Waals surface area contributed by atoms with Crippen molar-refractivity contribution < 1.29 is 0 Å². The molecule has 4 heteroatoms. The van der Waals surface area contributed by atoms with Gasteiger partial charge < -0.3 is 10.7 Å². The van der Waals surface area contributed by atoms with Gasteiger partial charge in [0.1, 0.15) is 0 Å². The van der Waals surface area contributed by atoms with Gasteiger partial charge in [-0.3, -0.25) is 4.57 Å². The van der Waals surface area contributed by atoms with E-state index in [4.69, 9.17) is 18.0 Å². The average Bonchev–Trinajstić information content (AvgIpc) is 2.74. The zero-order chi connectivity index (χ0) is 11.4. The molecule has 0 bridgehead atoms. The Morgan fingerprint density at radius 2 is 2.06 bits per heavy atom. The van der Waals surface area contributed by atoms with Crippen LogP contribution < -0.4 is 5.73 Å². The molecular weight excluding hydrogens is 218 g/mol. The lowest BCUT2D eigenvalue weighted by molar-refractivity contribution is 1.03. The van der Waals surface area contributed by atoms with Crippen molar-refractivity contribution in [3.05, 3.63) is 47.0 Å². The predicted octanol–water partition coefficient (Wildman–Crippen LogP) is 1.85. The first kappa shape index (κ1) is 10.7. The highest BCUT2D eigenvalue weighted by Gasteiger charge is 1.96. The van der Waals surface area contributed by atoms with Gasteiger partial charge in [0.25, 0.3) is 0 Å². The zero-order valence-electron chi connectivity index (χ0n) is 8.60. The summed E-state index contributed by atoms with van der Waals surface area (Å²) in [5.41, 5.74) is 7.28. The summed E-state index contributed by atoms with van der Waals surface area (Å²) in [6.07, 6.45) is 3.70. The van der Waals surface area contributed by atoms with Gasteiger partial charge in [0.05, 0.1) is 6.54 Å². The standard InChI is InChI=1S/C12H11N3S/c13-7-1-2-10-3-5-11(6-4-10)15-9-8-14-12(15)16/h3-6,8-9H,7,13H2,(H,14,16). The van der Waals surface area contributed by atoms with Crippen LogP contribution >= 0.6 is 12.2 Å². The molecule has 0 saturated carbocycles. The molecule has 0 aliphatic rings. The van der Waals surface area contributed by atoms with Gasteiger partial charge >= 0.3 is 0 Å². The minimum absolute atomic E-state index is 0.380. The van der Waals surface area contributed by atoms with Gasteiger partial charge in [-0.25, -0.2) is 0 Å². The number of nitrogens with one attached hydrogen (secondary N) is 1. The van der Waals surface area contributed by atoms with Crippen LogP contribution in [0.4, 0.5) is 0 Å². The second-order valence-corrected chi connectivity index (χ2v) is 3.57. The zero-order valence-corrected chi connectivity index (χ0v) is 9.42. The number of hydrogen-bond donors (Lipinski definition) is 2. The molecule has 0 aliphatic carbocycles. The quantitative estimate of drug-likeness (QED) is 0.579. The number of rotatable bonds is 1. The fourth-order valence-electron chi connectivity index (χ4n) is 1.38. The number of benzene rings is 1. The molecule has 0 radical (unpaired) electrons. The highest BCUT2D eigenvalue weighted by Crippen LogP contribution is 2.09. The molecule has 0 fully saturated rings. The third-order valence-corrected chi connectivity index (χ3v) is 2.44. The number of H-pyrrole nitrogens is 1. The number of nitrogens with two attached hydrogens (primary N) is 1. The van der Waals surface area contributed by atoms with Gasteiger partial charge in [0.15, 0.2) is 4.77 Å². The summed E-state index contributed by atoms with van der Waals surface area (Å²) in [4.78, 5) is 2.95. The smallest absolute Gasteiger partial charge is 0.181 e. The van der Waals surface area contributed by atoms with Gasteiger partial charge in [-0.15, -0.1) is 0 Å². The fraction of sp³-hybridized carbons (Fsp3) is 0.0833. The number of aromatic nitrogens is 2. The van der Waals surface area contributed by atoms with Gasteiger partial charge in [-0.1, -0.05) is 11.8 Å². The largest absolute Gasteiger partial charge is 0.337 e. The van der Waals surface area contributed by atoms with Crippen LogP contribution in [0.25, 0.3) is 5.69 Å². The van der Waals surface area contributed by atoms with Crippen molar-refractivity contribution in [2.45, 2.75) is 0 Å². The second kappa shape index (κ2) is 4.79. The third kappa shape index (κ3) is 2.22. The fourth-order valence-corrected chi connectivity index (χ4v) is 1.62. The van der Waals surface area contributed by atoms with Crippen molar-refractivity contribution in [1.82, 2.24) is 9.55 Å². The summed E-state index contributed by atoms with van der Waals surface area (Å²) in [5.74, 6) is 5.79. The molecule has 0 unspecified atom stereocenters. The maximum atomic E-state index is 5.31. The highest BCUT2D eigenvalue weighted by atomic mass is 32.1. The van der Waals surface area contributed by atoms with Crippen molar-refractivity contribution in [2.24, 2.45) is 5.73 Å². The van der Waals surface area contributed by atoms with Crippen molar-refractivity contribution in [1.29, 1.82) is 0 Å². The van der Waals surface area contributed by atoms with Crippen LogP contribution in [0.15, 0.2) is 36.7 Å². The van der Waals surface area contributed by atoms with E-state index in [1.165, 1.54) is 0 Å². The molecule has 1 aromatic heterocycles. The van der Waals surface area contributed by atoms with E-state index in [-0.39, 0.29) is 0 Å². The highest BCUT2D eigenvalue weighted by molar-refractivity contribution is 7.71. The van der Waals surface area contributed by atoms with E-state index in [0.29, 0.717) is 11.3 Å². The Balaban J connectivity index is 2.33. The minimum Gasteiger partial charge on any atom is -0.337 e. The predicted molar refractivity (Wildman–Crippen MR) is 66.9 cm³/mol. The summed E-state index contributed by atoms with van der Waals surface area (Å²) in [7, 11) is 0. The molecule has 0 aliphatic heterocycles. The summed E-state index contributed by atoms with van der Waals surface area (Å²) >= 11 is 5.13. The topological polar surface area (TPSA) is 46.7 Å². The van der Waals surface area contributed by atoms with Crippen LogP contribution in [0.1, 0.15) is 5.56 Å². The number of nitrogens with zero attached hydrogens (tertiary/aromatic N) is 1. The lowest BCUT2D eigenvalue weighted by atomic mass is 10.2. The van der Waals surface area contributed by atoms with Gasteiger partial charge in [0.2, 0.25) is 0 Å². The molecule has 0 saturated heterocycles. The van der Waals surface area contributed by atoms with Crippen LogP contribution in [-0.2, 0) is 0 Å². The third-order valence-electron chi connectivity index (χ3n) is 2.13. The lowest BCUT2D eigenvalue weighted by Crippen LogP contribution is -1.93. The van der Waals surface area contributed by atoms with Crippen LogP contribution in [0, 0.1) is 16.6 Å². The molecule has 16 heavy (non-hydrogen) atoms. The Morgan fingerprint density at radius 1 is 1.31 bits per heavy atom. The maximum Gasteiger partial charge on any atom is 0.181 e. The van der Waals surface area contributed by atoms with Crippen LogP contribution in [0.5, 0.6) is 0 Å². The molecule has 3 N–H and O–H groups in total. The molecule has 3 nitrogen and oxygen atoms in total. The minimum atomic E-state index is 0.380. The summed E-state index contributed by atoms with van der Waals surface area (Å²) in [6, 6.07) is 7.86. The van der Waals surface area contributed by atoms with Gasteiger partial charge in [0, 0.05) is 23.6 Å². The Labute approximate surface area is 98.9 Å². The average molecular weight is 229 g/mol. The molecule has 1 heterocycles. The first-order valence-corrected chi connectivity index (χ1v) is 5.27. The SMILES string of the molecule is NCC#Cc1ccc(-n2cc[nH]c2=S)cc1. The number of imidazole rings is 1. The summed E-state index contributed by atoms with van der Waals surface area (Å²) < 4.78 is 2.58. The van der Waals surface area contributed by atoms with E-state index in [0.717, 1.165) is 11.3 Å². The molecule has 0 atom stereocenters. The first-order chi connectivity index (χ1) is 7.81. The van der Waals surface area contributed by atoms with E-state index in [2.05, 4.69) is 16.8 Å². The van der Waals surface area contributed by atoms with Crippen molar-refractivity contribution >= 4 is 12.2 Å². The van der Waals surface area contributed by atoms with Crippen LogP contribution in [-0.4, -0.2) is 16.1 Å². The van der Waals surface area contributed by atoms with Crippen LogP contribution in [0.3, 0.4) is 0 Å².